The third kappa shape index (κ3) is 4.63. The Balaban J connectivity index is 1.38. The van der Waals surface area contributed by atoms with E-state index in [2.05, 4.69) is 4.90 Å². The van der Waals surface area contributed by atoms with E-state index in [0.29, 0.717) is 43.8 Å². The molecular weight excluding hydrogens is 490 g/mol. The number of ether oxygens (including phenoxy) is 2. The molecule has 0 spiro atoms. The molecule has 1 aromatic rings. The highest BCUT2D eigenvalue weighted by Crippen LogP contribution is 2.66. The monoisotopic (exact) mass is 527 g/mol. The van der Waals surface area contributed by atoms with E-state index >= 15 is 0 Å². The third-order valence-electron chi connectivity index (χ3n) is 9.18. The summed E-state index contributed by atoms with van der Waals surface area (Å²) in [5.41, 5.74) is -1.05. The second kappa shape index (κ2) is 9.87. The number of carbonyl (C=O) groups is 4. The molecule has 2 unspecified atom stereocenters. The van der Waals surface area contributed by atoms with Gasteiger partial charge in [0.2, 0.25) is 5.91 Å². The molecule has 5 fully saturated rings. The number of aliphatic carboxylic acids is 1. The first-order valence-corrected chi connectivity index (χ1v) is 13.5. The molecule has 3 atom stereocenters. The van der Waals surface area contributed by atoms with Crippen LogP contribution < -0.4 is 9.64 Å². The maximum Gasteiger partial charge on any atom is 0.415 e. The number of esters is 1. The third-order valence-corrected chi connectivity index (χ3v) is 9.18. The number of piperazine rings is 1. The molecule has 1 aliphatic heterocycles. The number of hydrogen-bond donors (Lipinski definition) is 1. The van der Waals surface area contributed by atoms with Crippen LogP contribution in [0.2, 0.25) is 0 Å². The number of nitrogens with zero attached hydrogens (tertiary/aromatic N) is 3. The molecule has 6 rings (SSSR count). The Morgan fingerprint density at radius 2 is 1.55 bits per heavy atom. The molecule has 1 saturated heterocycles. The Morgan fingerprint density at radius 3 is 2.11 bits per heavy atom. The number of likely N-dealkylation sites (N-methyl/N-ethyl adjacent to an activating group) is 1. The predicted molar refractivity (Wildman–Crippen MR) is 138 cm³/mol. The Bertz CT molecular complexity index is 1100. The zero-order chi connectivity index (χ0) is 27.2. The molecule has 206 valence electrons. The van der Waals surface area contributed by atoms with E-state index in [0.717, 1.165) is 32.4 Å². The number of benzene rings is 1. The van der Waals surface area contributed by atoms with Crippen LogP contribution in [0.15, 0.2) is 24.3 Å². The van der Waals surface area contributed by atoms with Gasteiger partial charge in [-0.1, -0.05) is 0 Å². The maximum absolute atomic E-state index is 14.3. The van der Waals surface area contributed by atoms with E-state index in [9.17, 15) is 24.3 Å². The molecule has 0 aromatic heterocycles. The Hall–Kier alpha value is -3.14. The van der Waals surface area contributed by atoms with Crippen LogP contribution in [-0.2, 0) is 19.1 Å². The van der Waals surface area contributed by atoms with Gasteiger partial charge >= 0.3 is 18.0 Å². The van der Waals surface area contributed by atoms with Crippen molar-refractivity contribution < 1.29 is 33.8 Å². The molecule has 10 nitrogen and oxygen atoms in total. The van der Waals surface area contributed by atoms with Gasteiger partial charge in [-0.05, 0) is 88.6 Å². The highest BCUT2D eigenvalue weighted by Gasteiger charge is 2.64. The summed E-state index contributed by atoms with van der Waals surface area (Å²) in [5.74, 6) is -0.802. The lowest BCUT2D eigenvalue weighted by Gasteiger charge is -2.60. The average molecular weight is 528 g/mol. The van der Waals surface area contributed by atoms with Crippen LogP contribution in [0.25, 0.3) is 0 Å². The van der Waals surface area contributed by atoms with Gasteiger partial charge in [-0.2, -0.15) is 0 Å². The highest BCUT2D eigenvalue weighted by atomic mass is 16.6. The Kier molecular flexibility index (Phi) is 6.87. The lowest BCUT2D eigenvalue weighted by Crippen LogP contribution is -2.62. The van der Waals surface area contributed by atoms with Gasteiger partial charge in [0.25, 0.3) is 0 Å². The fraction of sp³-hybridized carbons (Fsp3) is 0.643. The minimum absolute atomic E-state index is 0.248. The van der Waals surface area contributed by atoms with Crippen molar-refractivity contribution in [3.8, 4) is 5.75 Å². The van der Waals surface area contributed by atoms with Crippen molar-refractivity contribution in [2.75, 3.05) is 45.2 Å². The topological polar surface area (TPSA) is 117 Å². The molecule has 10 heteroatoms. The van der Waals surface area contributed by atoms with Gasteiger partial charge in [-0.3, -0.25) is 14.5 Å². The van der Waals surface area contributed by atoms with E-state index in [1.165, 1.54) is 18.9 Å². The second-order valence-corrected chi connectivity index (χ2v) is 11.9. The van der Waals surface area contributed by atoms with Gasteiger partial charge in [-0.25, -0.2) is 9.59 Å². The van der Waals surface area contributed by atoms with Crippen molar-refractivity contribution in [2.45, 2.75) is 51.5 Å². The SMILES string of the molecule is COC(=O)C12CC3CC(C1)CC(C(=O)N(c1ccc(OC(=O)N4CCN(C)CC4)cc1)[C@@H](C)C(=O)O)(C3)C2. The quantitative estimate of drug-likeness (QED) is 0.562. The van der Waals surface area contributed by atoms with Crippen LogP contribution in [0.4, 0.5) is 10.5 Å². The molecule has 0 radical (unpaired) electrons. The summed E-state index contributed by atoms with van der Waals surface area (Å²) in [6.07, 6.45) is 3.73. The molecule has 5 aliphatic rings. The van der Waals surface area contributed by atoms with Crippen LogP contribution in [0.5, 0.6) is 5.75 Å². The number of hydrogen-bond acceptors (Lipinski definition) is 7. The first kappa shape index (κ1) is 26.5. The van der Waals surface area contributed by atoms with Crippen molar-refractivity contribution in [3.63, 3.8) is 0 Å². The second-order valence-electron chi connectivity index (χ2n) is 11.9. The predicted octanol–water partition coefficient (Wildman–Crippen LogP) is 3.00. The molecular formula is C28H37N3O7. The number of carboxylic acids is 1. The molecule has 1 heterocycles. The van der Waals surface area contributed by atoms with Crippen molar-refractivity contribution in [2.24, 2.45) is 22.7 Å². The summed E-state index contributed by atoms with van der Waals surface area (Å²) in [5, 5.41) is 9.91. The molecule has 1 N–H and O–H groups in total. The average Bonchev–Trinajstić information content (AvgIpc) is 2.88. The zero-order valence-corrected chi connectivity index (χ0v) is 22.4. The maximum atomic E-state index is 14.3. The van der Waals surface area contributed by atoms with Crippen LogP contribution in [0.1, 0.15) is 45.4 Å². The fourth-order valence-electron chi connectivity index (χ4n) is 7.68. The summed E-state index contributed by atoms with van der Waals surface area (Å²) in [7, 11) is 3.40. The van der Waals surface area contributed by atoms with Crippen molar-refractivity contribution in [3.05, 3.63) is 24.3 Å². The number of carboxylic acid groups (broad SMARTS) is 1. The summed E-state index contributed by atoms with van der Waals surface area (Å²) < 4.78 is 10.7. The van der Waals surface area contributed by atoms with Crippen LogP contribution in [-0.4, -0.2) is 85.2 Å². The molecule has 4 bridgehead atoms. The minimum Gasteiger partial charge on any atom is -0.480 e. The molecule has 4 saturated carbocycles. The van der Waals surface area contributed by atoms with Gasteiger partial charge in [0, 0.05) is 31.9 Å². The molecule has 38 heavy (non-hydrogen) atoms. The number of anilines is 1. The Morgan fingerprint density at radius 1 is 0.974 bits per heavy atom. The number of amides is 2. The van der Waals surface area contributed by atoms with E-state index < -0.39 is 28.9 Å². The van der Waals surface area contributed by atoms with Gasteiger partial charge in [-0.15, -0.1) is 0 Å². The smallest absolute Gasteiger partial charge is 0.415 e. The van der Waals surface area contributed by atoms with Gasteiger partial charge in [0.05, 0.1) is 17.9 Å². The van der Waals surface area contributed by atoms with Gasteiger partial charge < -0.3 is 24.4 Å². The standard InChI is InChI=1S/C28H37N3O7/c1-18(23(32)33)31(21-4-6-22(7-5-21)38-26(36)30-10-8-29(2)9-11-30)24(34)27-13-19-12-20(14-27)16-28(15-19,17-27)25(35)37-3/h4-7,18-20H,8-17H2,1-3H3,(H,32,33)/t18-,19?,20?,27?,28?/m0/s1. The normalized spacial score (nSPS) is 31.0. The molecule has 2 amide bonds. The van der Waals surface area contributed by atoms with Crippen molar-refractivity contribution in [1.82, 2.24) is 9.80 Å². The van der Waals surface area contributed by atoms with Crippen LogP contribution in [0.3, 0.4) is 0 Å². The summed E-state index contributed by atoms with van der Waals surface area (Å²) >= 11 is 0. The summed E-state index contributed by atoms with van der Waals surface area (Å²) in [6, 6.07) is 5.33. The van der Waals surface area contributed by atoms with Crippen LogP contribution in [0, 0.1) is 22.7 Å². The van der Waals surface area contributed by atoms with E-state index in [1.807, 2.05) is 7.05 Å². The van der Waals surface area contributed by atoms with Crippen LogP contribution >= 0.6 is 0 Å². The zero-order valence-electron chi connectivity index (χ0n) is 22.4. The summed E-state index contributed by atoms with van der Waals surface area (Å²) in [4.78, 5) is 57.0. The molecule has 1 aromatic carbocycles. The summed E-state index contributed by atoms with van der Waals surface area (Å²) in [6.45, 7) is 4.22. The lowest BCUT2D eigenvalue weighted by molar-refractivity contribution is -0.181. The van der Waals surface area contributed by atoms with Gasteiger partial charge in [0.1, 0.15) is 11.8 Å². The van der Waals surface area contributed by atoms with E-state index in [-0.39, 0.29) is 23.7 Å². The Labute approximate surface area is 222 Å². The number of carbonyl (C=O) groups excluding carboxylic acids is 3. The minimum atomic E-state index is -1.11. The van der Waals surface area contributed by atoms with Crippen molar-refractivity contribution in [1.29, 1.82) is 0 Å². The highest BCUT2D eigenvalue weighted by molar-refractivity contribution is 6.03. The molecule has 4 aliphatic carbocycles. The fourth-order valence-corrected chi connectivity index (χ4v) is 7.68. The first-order valence-electron chi connectivity index (χ1n) is 13.5. The van der Waals surface area contributed by atoms with Gasteiger partial charge in [0.15, 0.2) is 0 Å². The largest absolute Gasteiger partial charge is 0.480 e. The van der Waals surface area contributed by atoms with E-state index in [4.69, 9.17) is 9.47 Å². The lowest BCUT2D eigenvalue weighted by atomic mass is 9.44. The van der Waals surface area contributed by atoms with Crippen molar-refractivity contribution >= 4 is 29.6 Å². The number of rotatable bonds is 6. The first-order chi connectivity index (χ1) is 18.1. The van der Waals surface area contributed by atoms with E-state index in [1.54, 1.807) is 29.2 Å². The number of methoxy groups -OCH3 is 1.